The first kappa shape index (κ1) is 22.6. The van der Waals surface area contributed by atoms with Gasteiger partial charge < -0.3 is 16.0 Å². The predicted molar refractivity (Wildman–Crippen MR) is 128 cm³/mol. The van der Waals surface area contributed by atoms with Crippen LogP contribution in [0, 0.1) is 0 Å². The van der Waals surface area contributed by atoms with E-state index in [1.165, 1.54) is 4.90 Å². The summed E-state index contributed by atoms with van der Waals surface area (Å²) in [5.41, 5.74) is 1.07. The van der Waals surface area contributed by atoms with Crippen molar-refractivity contribution in [2.45, 2.75) is 37.6 Å². The van der Waals surface area contributed by atoms with Crippen molar-refractivity contribution in [3.8, 4) is 0 Å². The highest BCUT2D eigenvalue weighted by Crippen LogP contribution is 2.34. The summed E-state index contributed by atoms with van der Waals surface area (Å²) in [4.78, 5) is 65.2. The molecule has 2 heterocycles. The highest BCUT2D eigenvalue weighted by Gasteiger charge is 2.51. The van der Waals surface area contributed by atoms with Gasteiger partial charge in [0.1, 0.15) is 18.6 Å². The molecule has 3 N–H and O–H groups in total. The van der Waals surface area contributed by atoms with Gasteiger partial charge in [-0.2, -0.15) is 0 Å². The van der Waals surface area contributed by atoms with Crippen molar-refractivity contribution < 1.29 is 24.0 Å². The van der Waals surface area contributed by atoms with E-state index in [2.05, 4.69) is 16.0 Å². The van der Waals surface area contributed by atoms with Crippen LogP contribution in [0.4, 0.5) is 21.9 Å². The third-order valence-corrected chi connectivity index (χ3v) is 6.69. The number of amides is 6. The quantitative estimate of drug-likeness (QED) is 0.586. The van der Waals surface area contributed by atoms with Gasteiger partial charge in [-0.1, -0.05) is 31.4 Å². The lowest BCUT2D eigenvalue weighted by Crippen LogP contribution is -2.48. The Morgan fingerprint density at radius 2 is 1.66 bits per heavy atom. The molecule has 1 aliphatic carbocycles. The minimum atomic E-state index is -0.873. The number of hydrogen-bond donors (Lipinski definition) is 3. The summed E-state index contributed by atoms with van der Waals surface area (Å²) in [5, 5.41) is 8.20. The first-order valence-corrected chi connectivity index (χ1v) is 11.6. The number of nitrogens with one attached hydrogen (secondary N) is 3. The second-order valence-corrected chi connectivity index (χ2v) is 9.05. The summed E-state index contributed by atoms with van der Waals surface area (Å²) in [6.07, 6.45) is 3.94. The lowest BCUT2D eigenvalue weighted by molar-refractivity contribution is -0.134. The van der Waals surface area contributed by atoms with E-state index < -0.39 is 17.5 Å². The molecule has 5 rings (SSSR count). The van der Waals surface area contributed by atoms with E-state index in [1.807, 2.05) is 0 Å². The molecule has 10 nitrogen and oxygen atoms in total. The zero-order valence-corrected chi connectivity index (χ0v) is 19.0. The Kier molecular flexibility index (Phi) is 5.72. The van der Waals surface area contributed by atoms with Gasteiger partial charge in [0.15, 0.2) is 0 Å². The van der Waals surface area contributed by atoms with Gasteiger partial charge in [0.05, 0.1) is 11.4 Å². The van der Waals surface area contributed by atoms with Gasteiger partial charge in [0.2, 0.25) is 11.8 Å². The molecule has 180 valence electrons. The maximum absolute atomic E-state index is 13.1. The first-order chi connectivity index (χ1) is 16.9. The Labute approximate surface area is 201 Å². The standard InChI is InChI=1S/C25H25N5O5/c31-20(15-30-23(34)25(28-24(30)35)12-4-1-5-13-25)26-17-10-8-16(9-11-17)22(33)29-14-21(32)27-18-6-2-3-7-19(18)29/h2-3,6-11H,1,4-5,12-15H2,(H,26,31)(H,27,32)(H,28,35). The van der Waals surface area contributed by atoms with Crippen LogP contribution in [0.3, 0.4) is 0 Å². The van der Waals surface area contributed by atoms with Crippen molar-refractivity contribution in [2.75, 3.05) is 28.6 Å². The molecule has 2 fully saturated rings. The molecule has 2 aromatic carbocycles. The second kappa shape index (κ2) is 8.86. The molecular formula is C25H25N5O5. The van der Waals surface area contributed by atoms with Gasteiger partial charge in [-0.15, -0.1) is 0 Å². The topological polar surface area (TPSA) is 128 Å². The van der Waals surface area contributed by atoms with Crippen LogP contribution < -0.4 is 20.9 Å². The van der Waals surface area contributed by atoms with Crippen molar-refractivity contribution >= 4 is 46.7 Å². The molecule has 0 unspecified atom stereocenters. The number of rotatable bonds is 4. The van der Waals surface area contributed by atoms with E-state index in [9.17, 15) is 24.0 Å². The molecule has 0 aromatic heterocycles. The number of urea groups is 1. The van der Waals surface area contributed by atoms with E-state index in [4.69, 9.17) is 0 Å². The molecule has 10 heteroatoms. The van der Waals surface area contributed by atoms with Crippen molar-refractivity contribution in [1.82, 2.24) is 10.2 Å². The third-order valence-electron chi connectivity index (χ3n) is 6.69. The fourth-order valence-corrected chi connectivity index (χ4v) is 4.92. The lowest BCUT2D eigenvalue weighted by Gasteiger charge is -2.30. The molecule has 35 heavy (non-hydrogen) atoms. The SMILES string of the molecule is O=C(CN1C(=O)NC2(CCCCC2)C1=O)Nc1ccc(C(=O)N2CC(=O)Nc3ccccc32)cc1. The number of benzene rings is 2. The summed E-state index contributed by atoms with van der Waals surface area (Å²) >= 11 is 0. The normalized spacial score (nSPS) is 18.7. The lowest BCUT2D eigenvalue weighted by atomic mass is 9.82. The Morgan fingerprint density at radius 1 is 0.943 bits per heavy atom. The summed E-state index contributed by atoms with van der Waals surface area (Å²) in [5.74, 6) is -1.48. The van der Waals surface area contributed by atoms with Crippen LogP contribution in [0.25, 0.3) is 0 Å². The third kappa shape index (κ3) is 4.23. The number of fused-ring (bicyclic) bond motifs is 1. The maximum atomic E-state index is 13.1. The van der Waals surface area contributed by atoms with Crippen LogP contribution >= 0.6 is 0 Å². The Balaban J connectivity index is 1.23. The Bertz CT molecular complexity index is 1220. The van der Waals surface area contributed by atoms with Gasteiger partial charge in [0, 0.05) is 11.3 Å². The number of carbonyl (C=O) groups excluding carboxylic acids is 5. The fraction of sp³-hybridized carbons (Fsp3) is 0.320. The number of hydrogen-bond acceptors (Lipinski definition) is 5. The van der Waals surface area contributed by atoms with Crippen LogP contribution in [-0.4, -0.2) is 53.2 Å². The molecule has 2 aromatic rings. The number of imide groups is 1. The summed E-state index contributed by atoms with van der Waals surface area (Å²) in [7, 11) is 0. The van der Waals surface area contributed by atoms with E-state index in [0.29, 0.717) is 35.5 Å². The number of nitrogens with zero attached hydrogens (tertiary/aromatic N) is 2. The number of para-hydroxylation sites is 2. The minimum absolute atomic E-state index is 0.0955. The molecule has 2 aliphatic heterocycles. The van der Waals surface area contributed by atoms with Crippen molar-refractivity contribution in [2.24, 2.45) is 0 Å². The monoisotopic (exact) mass is 475 g/mol. The molecule has 3 aliphatic rings. The molecule has 1 saturated heterocycles. The molecule has 0 radical (unpaired) electrons. The minimum Gasteiger partial charge on any atom is -0.325 e. The largest absolute Gasteiger partial charge is 0.325 e. The second-order valence-electron chi connectivity index (χ2n) is 9.05. The smallest absolute Gasteiger partial charge is 0.325 e. The molecular weight excluding hydrogens is 450 g/mol. The van der Waals surface area contributed by atoms with Crippen LogP contribution in [0.2, 0.25) is 0 Å². The zero-order valence-electron chi connectivity index (χ0n) is 19.0. The average Bonchev–Trinajstić information content (AvgIpc) is 3.07. The van der Waals surface area contributed by atoms with Crippen molar-refractivity contribution in [3.05, 3.63) is 54.1 Å². The molecule has 0 atom stereocenters. The highest BCUT2D eigenvalue weighted by atomic mass is 16.2. The van der Waals surface area contributed by atoms with E-state index in [1.54, 1.807) is 48.5 Å². The van der Waals surface area contributed by atoms with Crippen LogP contribution in [0.5, 0.6) is 0 Å². The van der Waals surface area contributed by atoms with Crippen molar-refractivity contribution in [3.63, 3.8) is 0 Å². The summed E-state index contributed by atoms with van der Waals surface area (Å²) in [6.45, 7) is -0.478. The van der Waals surface area contributed by atoms with Gasteiger partial charge in [-0.3, -0.25) is 29.0 Å². The maximum Gasteiger partial charge on any atom is 0.325 e. The van der Waals surface area contributed by atoms with E-state index in [-0.39, 0.29) is 30.8 Å². The zero-order chi connectivity index (χ0) is 24.6. The van der Waals surface area contributed by atoms with Crippen LogP contribution in [0.1, 0.15) is 42.5 Å². The molecule has 1 saturated carbocycles. The molecule has 6 amide bonds. The first-order valence-electron chi connectivity index (χ1n) is 11.6. The molecule has 0 bridgehead atoms. The van der Waals surface area contributed by atoms with Gasteiger partial charge >= 0.3 is 6.03 Å². The van der Waals surface area contributed by atoms with Crippen LogP contribution in [0.15, 0.2) is 48.5 Å². The molecule has 1 spiro atoms. The van der Waals surface area contributed by atoms with Crippen LogP contribution in [-0.2, 0) is 14.4 Å². The van der Waals surface area contributed by atoms with Gasteiger partial charge in [-0.25, -0.2) is 4.79 Å². The summed E-state index contributed by atoms with van der Waals surface area (Å²) < 4.78 is 0. The predicted octanol–water partition coefficient (Wildman–Crippen LogP) is 2.48. The van der Waals surface area contributed by atoms with E-state index >= 15 is 0 Å². The van der Waals surface area contributed by atoms with Crippen molar-refractivity contribution in [1.29, 1.82) is 0 Å². The Morgan fingerprint density at radius 3 is 2.40 bits per heavy atom. The number of carbonyl (C=O) groups is 5. The summed E-state index contributed by atoms with van der Waals surface area (Å²) in [6, 6.07) is 12.7. The average molecular weight is 476 g/mol. The van der Waals surface area contributed by atoms with Gasteiger partial charge in [0.25, 0.3) is 11.8 Å². The van der Waals surface area contributed by atoms with E-state index in [0.717, 1.165) is 24.2 Å². The Hall–Kier alpha value is -4.21. The fourth-order valence-electron chi connectivity index (χ4n) is 4.92. The van der Waals surface area contributed by atoms with Gasteiger partial charge in [-0.05, 0) is 49.2 Å². The highest BCUT2D eigenvalue weighted by molar-refractivity contribution is 6.15. The number of anilines is 3.